The fourth-order valence-electron chi connectivity index (χ4n) is 3.16. The SMILES string of the molecule is Cc1csc(Sc2ccc(NC(=O)c3cc(C4CC4)nn3C(C)(C)C)c(C)c2)n1. The highest BCUT2D eigenvalue weighted by Crippen LogP contribution is 2.40. The maximum atomic E-state index is 13.1. The van der Waals surface area contributed by atoms with Gasteiger partial charge in [-0.25, -0.2) is 4.98 Å². The van der Waals surface area contributed by atoms with Crippen molar-refractivity contribution in [2.45, 2.75) is 68.2 Å². The molecule has 0 radical (unpaired) electrons. The van der Waals surface area contributed by atoms with Crippen LogP contribution in [0.4, 0.5) is 5.69 Å². The third kappa shape index (κ3) is 4.56. The monoisotopic (exact) mass is 426 g/mol. The molecule has 1 aromatic carbocycles. The molecule has 0 unspecified atom stereocenters. The summed E-state index contributed by atoms with van der Waals surface area (Å²) in [5.74, 6) is 0.399. The minimum absolute atomic E-state index is 0.113. The summed E-state index contributed by atoms with van der Waals surface area (Å²) < 4.78 is 2.89. The molecule has 0 bridgehead atoms. The van der Waals surface area contributed by atoms with E-state index in [9.17, 15) is 4.79 Å². The van der Waals surface area contributed by atoms with Gasteiger partial charge in [-0.1, -0.05) is 11.8 Å². The van der Waals surface area contributed by atoms with Gasteiger partial charge in [-0.05, 0) is 77.3 Å². The zero-order chi connectivity index (χ0) is 20.8. The predicted octanol–water partition coefficient (Wildman–Crippen LogP) is 5.99. The molecule has 2 aromatic heterocycles. The summed E-state index contributed by atoms with van der Waals surface area (Å²) in [7, 11) is 0. The zero-order valence-electron chi connectivity index (χ0n) is 17.4. The molecule has 29 heavy (non-hydrogen) atoms. The van der Waals surface area contributed by atoms with E-state index in [-0.39, 0.29) is 11.4 Å². The van der Waals surface area contributed by atoms with Crippen LogP contribution in [0.1, 0.15) is 67.0 Å². The van der Waals surface area contributed by atoms with E-state index in [0.29, 0.717) is 11.6 Å². The smallest absolute Gasteiger partial charge is 0.273 e. The van der Waals surface area contributed by atoms with Crippen LogP contribution >= 0.6 is 23.1 Å². The first-order valence-corrected chi connectivity index (χ1v) is 11.5. The largest absolute Gasteiger partial charge is 0.320 e. The van der Waals surface area contributed by atoms with Crippen LogP contribution in [0.25, 0.3) is 0 Å². The lowest BCUT2D eigenvalue weighted by molar-refractivity contribution is 0.100. The van der Waals surface area contributed by atoms with Gasteiger partial charge in [0.25, 0.3) is 5.91 Å². The summed E-state index contributed by atoms with van der Waals surface area (Å²) in [5.41, 5.74) is 4.30. The van der Waals surface area contributed by atoms with Crippen molar-refractivity contribution in [3.63, 3.8) is 0 Å². The molecule has 0 saturated heterocycles. The Hall–Kier alpha value is -2.12. The lowest BCUT2D eigenvalue weighted by atomic mass is 10.1. The number of benzene rings is 1. The lowest BCUT2D eigenvalue weighted by Crippen LogP contribution is -2.29. The van der Waals surface area contributed by atoms with Crippen LogP contribution in [0.3, 0.4) is 0 Å². The summed E-state index contributed by atoms with van der Waals surface area (Å²) in [6, 6.07) is 8.05. The third-order valence-corrected chi connectivity index (χ3v) is 6.89. The molecule has 3 aromatic rings. The highest BCUT2D eigenvalue weighted by Gasteiger charge is 2.31. The number of nitrogens with zero attached hydrogens (tertiary/aromatic N) is 3. The standard InChI is InChI=1S/C22H26N4OS2/c1-13-10-16(29-21-23-14(2)12-28-21)8-9-17(13)24-20(27)19-11-18(15-6-7-15)25-26(19)22(3,4)5/h8-12,15H,6-7H2,1-5H3,(H,24,27). The van der Waals surface area contributed by atoms with Gasteiger partial charge in [-0.2, -0.15) is 5.10 Å². The molecular formula is C22H26N4OS2. The van der Waals surface area contributed by atoms with Gasteiger partial charge in [0.1, 0.15) is 5.69 Å². The summed E-state index contributed by atoms with van der Waals surface area (Å²) in [4.78, 5) is 18.7. The number of aromatic nitrogens is 3. The van der Waals surface area contributed by atoms with Gasteiger partial charge >= 0.3 is 0 Å². The van der Waals surface area contributed by atoms with Crippen molar-refractivity contribution in [1.29, 1.82) is 0 Å². The van der Waals surface area contributed by atoms with Gasteiger partial charge in [0.05, 0.1) is 11.2 Å². The van der Waals surface area contributed by atoms with Crippen molar-refractivity contribution < 1.29 is 4.79 Å². The summed E-state index contributed by atoms with van der Waals surface area (Å²) in [6.07, 6.45) is 2.33. The highest BCUT2D eigenvalue weighted by molar-refractivity contribution is 8.01. The minimum Gasteiger partial charge on any atom is -0.320 e. The molecule has 0 spiro atoms. The molecule has 1 saturated carbocycles. The Balaban J connectivity index is 1.54. The first kappa shape index (κ1) is 20.2. The van der Waals surface area contributed by atoms with Crippen molar-refractivity contribution in [3.05, 3.63) is 52.3 Å². The molecule has 1 fully saturated rings. The Morgan fingerprint density at radius 3 is 2.59 bits per heavy atom. The van der Waals surface area contributed by atoms with Crippen LogP contribution < -0.4 is 5.32 Å². The average Bonchev–Trinajstić information content (AvgIpc) is 3.24. The molecule has 1 amide bonds. The van der Waals surface area contributed by atoms with E-state index in [4.69, 9.17) is 5.10 Å². The van der Waals surface area contributed by atoms with Crippen molar-refractivity contribution in [1.82, 2.24) is 14.8 Å². The van der Waals surface area contributed by atoms with E-state index in [1.54, 1.807) is 23.1 Å². The summed E-state index contributed by atoms with van der Waals surface area (Å²) in [6.45, 7) is 10.2. The fraction of sp³-hybridized carbons (Fsp3) is 0.409. The zero-order valence-corrected chi connectivity index (χ0v) is 19.1. The quantitative estimate of drug-likeness (QED) is 0.544. The lowest BCUT2D eigenvalue weighted by Gasteiger charge is -2.22. The number of amides is 1. The summed E-state index contributed by atoms with van der Waals surface area (Å²) >= 11 is 3.29. The van der Waals surface area contributed by atoms with Gasteiger partial charge in [0.15, 0.2) is 4.34 Å². The van der Waals surface area contributed by atoms with Crippen molar-refractivity contribution in [3.8, 4) is 0 Å². The second kappa shape index (κ2) is 7.61. The Kier molecular flexibility index (Phi) is 5.29. The van der Waals surface area contributed by atoms with Gasteiger partial charge in [0, 0.05) is 27.6 Å². The first-order valence-electron chi connectivity index (χ1n) is 9.83. The maximum absolute atomic E-state index is 13.1. The minimum atomic E-state index is -0.249. The molecular weight excluding hydrogens is 400 g/mol. The van der Waals surface area contributed by atoms with Crippen LogP contribution in [0, 0.1) is 13.8 Å². The number of hydrogen-bond donors (Lipinski definition) is 1. The van der Waals surface area contributed by atoms with E-state index in [1.807, 2.05) is 36.7 Å². The molecule has 2 heterocycles. The Bertz CT molecular complexity index is 1060. The first-order chi connectivity index (χ1) is 13.7. The topological polar surface area (TPSA) is 59.8 Å². The van der Waals surface area contributed by atoms with Crippen LogP contribution in [0.2, 0.25) is 0 Å². The average molecular weight is 427 g/mol. The van der Waals surface area contributed by atoms with Gasteiger partial charge in [-0.15, -0.1) is 11.3 Å². The van der Waals surface area contributed by atoms with Gasteiger partial charge in [0.2, 0.25) is 0 Å². The molecule has 1 aliphatic rings. The highest BCUT2D eigenvalue weighted by atomic mass is 32.2. The Morgan fingerprint density at radius 2 is 2.00 bits per heavy atom. The molecule has 0 atom stereocenters. The molecule has 7 heteroatoms. The van der Waals surface area contributed by atoms with Gasteiger partial charge < -0.3 is 5.32 Å². The molecule has 1 aliphatic carbocycles. The van der Waals surface area contributed by atoms with Gasteiger partial charge in [-0.3, -0.25) is 9.48 Å². The second-order valence-corrected chi connectivity index (χ2v) is 10.8. The number of carbonyl (C=O) groups is 1. The van der Waals surface area contributed by atoms with E-state index < -0.39 is 0 Å². The number of nitrogens with one attached hydrogen (secondary N) is 1. The van der Waals surface area contributed by atoms with Crippen molar-refractivity contribution in [2.75, 3.05) is 5.32 Å². The van der Waals surface area contributed by atoms with Crippen LogP contribution in [-0.2, 0) is 5.54 Å². The van der Waals surface area contributed by atoms with E-state index in [2.05, 4.69) is 42.5 Å². The van der Waals surface area contributed by atoms with E-state index >= 15 is 0 Å². The molecule has 4 rings (SSSR count). The molecule has 0 aliphatic heterocycles. The number of aryl methyl sites for hydroxylation is 2. The third-order valence-electron chi connectivity index (χ3n) is 4.84. The maximum Gasteiger partial charge on any atom is 0.273 e. The van der Waals surface area contributed by atoms with Crippen LogP contribution in [0.5, 0.6) is 0 Å². The van der Waals surface area contributed by atoms with Crippen LogP contribution in [-0.4, -0.2) is 20.7 Å². The van der Waals surface area contributed by atoms with E-state index in [0.717, 1.165) is 31.9 Å². The number of carbonyl (C=O) groups excluding carboxylic acids is 1. The Labute approximate surface area is 179 Å². The predicted molar refractivity (Wildman–Crippen MR) is 119 cm³/mol. The summed E-state index contributed by atoms with van der Waals surface area (Å²) in [5, 5.41) is 9.88. The number of hydrogen-bond acceptors (Lipinski definition) is 5. The molecule has 5 nitrogen and oxygen atoms in total. The van der Waals surface area contributed by atoms with Crippen LogP contribution in [0.15, 0.2) is 38.9 Å². The fourth-order valence-corrected chi connectivity index (χ4v) is 5.07. The molecule has 152 valence electrons. The van der Waals surface area contributed by atoms with E-state index in [1.165, 1.54) is 12.8 Å². The number of anilines is 1. The number of rotatable bonds is 5. The second-order valence-electron chi connectivity index (χ2n) is 8.60. The molecule has 1 N–H and O–H groups in total. The van der Waals surface area contributed by atoms with Crippen molar-refractivity contribution in [2.24, 2.45) is 0 Å². The Morgan fingerprint density at radius 1 is 1.24 bits per heavy atom. The number of thiazole rings is 1. The van der Waals surface area contributed by atoms with Crippen molar-refractivity contribution >= 4 is 34.7 Å². The normalized spacial score (nSPS) is 14.2.